The van der Waals surface area contributed by atoms with Gasteiger partial charge >= 0.3 is 29.6 Å². The smallest absolute Gasteiger partial charge is 0.548 e. The van der Waals surface area contributed by atoms with Crippen LogP contribution in [0.3, 0.4) is 0 Å². The van der Waals surface area contributed by atoms with Gasteiger partial charge in [0.15, 0.2) is 0 Å². The van der Waals surface area contributed by atoms with E-state index in [0.717, 1.165) is 11.1 Å². The second-order valence-electron chi connectivity index (χ2n) is 6.72. The second kappa shape index (κ2) is 11.1. The third-order valence-corrected chi connectivity index (χ3v) is 4.59. The molecule has 29 heavy (non-hydrogen) atoms. The summed E-state index contributed by atoms with van der Waals surface area (Å²) in [5.41, 5.74) is 2.00. The van der Waals surface area contributed by atoms with E-state index < -0.39 is 30.0 Å². The monoisotopic (exact) mass is 403 g/mol. The Labute approximate surface area is 191 Å². The predicted octanol–water partition coefficient (Wildman–Crippen LogP) is -3.83. The molecule has 0 aromatic heterocycles. The Morgan fingerprint density at radius 1 is 0.931 bits per heavy atom. The van der Waals surface area contributed by atoms with Crippen LogP contribution in [0.4, 0.5) is 0 Å². The zero-order chi connectivity index (χ0) is 19.9. The molecule has 0 spiro atoms. The average molecular weight is 403 g/mol. The molecule has 2 aromatic rings. The van der Waals surface area contributed by atoms with E-state index in [1.54, 1.807) is 0 Å². The van der Waals surface area contributed by atoms with Gasteiger partial charge in [-0.25, -0.2) is 0 Å². The molecule has 3 atom stereocenters. The van der Waals surface area contributed by atoms with Crippen molar-refractivity contribution in [3.63, 3.8) is 0 Å². The molecule has 8 heteroatoms. The van der Waals surface area contributed by atoms with Crippen molar-refractivity contribution in [2.45, 2.75) is 31.0 Å². The summed E-state index contributed by atoms with van der Waals surface area (Å²) < 4.78 is 0. The number of hydrogen-bond acceptors (Lipinski definition) is 5. The zero-order valence-corrected chi connectivity index (χ0v) is 18.3. The molecular formula is C21H22N3NaO4. The quantitative estimate of drug-likeness (QED) is 0.293. The fourth-order valence-corrected chi connectivity index (χ4v) is 2.99. The first-order valence-electron chi connectivity index (χ1n) is 9.17. The molecule has 1 heterocycles. The molecule has 2 amide bonds. The molecule has 1 fully saturated rings. The normalized spacial score (nSPS) is 18.1. The van der Waals surface area contributed by atoms with Crippen LogP contribution >= 0.6 is 0 Å². The van der Waals surface area contributed by atoms with Gasteiger partial charge in [0.2, 0.25) is 11.8 Å². The molecule has 1 aliphatic rings. The third-order valence-electron chi connectivity index (χ3n) is 4.59. The zero-order valence-electron chi connectivity index (χ0n) is 16.3. The number of carbonyl (C=O) groups is 3. The summed E-state index contributed by atoms with van der Waals surface area (Å²) in [6.45, 7) is 0.438. The largest absolute Gasteiger partial charge is 1.00 e. The molecule has 0 unspecified atom stereocenters. The van der Waals surface area contributed by atoms with E-state index in [-0.39, 0.29) is 35.5 Å². The van der Waals surface area contributed by atoms with E-state index in [1.165, 1.54) is 0 Å². The second-order valence-corrected chi connectivity index (χ2v) is 6.72. The SMILES string of the molecule is O=C(NCCc1ccccc1)[C@H](Cc1ccccc1)NC(=O)[C@H]1N[C@@H]1C(=O)[O-].[Na+]. The van der Waals surface area contributed by atoms with Crippen molar-refractivity contribution in [3.05, 3.63) is 71.8 Å². The number of aliphatic carboxylic acids is 1. The maximum absolute atomic E-state index is 12.7. The first-order chi connectivity index (χ1) is 13.5. The summed E-state index contributed by atoms with van der Waals surface area (Å²) >= 11 is 0. The average Bonchev–Trinajstić information content (AvgIpc) is 3.50. The van der Waals surface area contributed by atoms with Gasteiger partial charge in [0.25, 0.3) is 0 Å². The molecule has 0 aliphatic carbocycles. The number of amides is 2. The van der Waals surface area contributed by atoms with Gasteiger partial charge in [0.05, 0.1) is 12.0 Å². The molecule has 1 saturated heterocycles. The Hall–Kier alpha value is -2.19. The van der Waals surface area contributed by atoms with Crippen LogP contribution in [-0.4, -0.2) is 42.5 Å². The molecule has 3 rings (SSSR count). The maximum Gasteiger partial charge on any atom is 1.00 e. The van der Waals surface area contributed by atoms with Crippen molar-refractivity contribution in [3.8, 4) is 0 Å². The van der Waals surface area contributed by atoms with Gasteiger partial charge in [-0.2, -0.15) is 0 Å². The van der Waals surface area contributed by atoms with Crippen molar-refractivity contribution in [2.24, 2.45) is 0 Å². The summed E-state index contributed by atoms with van der Waals surface area (Å²) in [6, 6.07) is 16.4. The molecule has 0 bridgehead atoms. The fraction of sp³-hybridized carbons (Fsp3) is 0.286. The minimum atomic E-state index is -1.33. The molecule has 0 radical (unpaired) electrons. The van der Waals surface area contributed by atoms with E-state index in [0.29, 0.717) is 19.4 Å². The van der Waals surface area contributed by atoms with Crippen molar-refractivity contribution in [1.82, 2.24) is 16.0 Å². The Bertz CT molecular complexity index is 832. The van der Waals surface area contributed by atoms with Gasteiger partial charge < -0.3 is 20.5 Å². The van der Waals surface area contributed by atoms with E-state index in [2.05, 4.69) is 16.0 Å². The topological polar surface area (TPSA) is 120 Å². The molecule has 7 nitrogen and oxygen atoms in total. The van der Waals surface area contributed by atoms with Crippen molar-refractivity contribution in [1.29, 1.82) is 0 Å². The predicted molar refractivity (Wildman–Crippen MR) is 101 cm³/mol. The number of nitrogens with one attached hydrogen (secondary N) is 3. The van der Waals surface area contributed by atoms with Gasteiger partial charge in [0, 0.05) is 13.0 Å². The Balaban J connectivity index is 0.00000300. The van der Waals surface area contributed by atoms with Crippen LogP contribution in [0.25, 0.3) is 0 Å². The summed E-state index contributed by atoms with van der Waals surface area (Å²) in [4.78, 5) is 35.8. The molecule has 1 aliphatic heterocycles. The van der Waals surface area contributed by atoms with E-state index in [1.807, 2.05) is 60.7 Å². The fourth-order valence-electron chi connectivity index (χ4n) is 2.99. The standard InChI is InChI=1S/C21H23N3O4.Na/c25-19(22-12-11-14-7-3-1-4-8-14)16(13-15-9-5-2-6-10-15)23-20(26)17-18(24-17)21(27)28;/h1-10,16-18,24H,11-13H2,(H,22,25)(H,23,26)(H,27,28);/q;+1/p-1/t16-,17-,18-;/m0./s1. The van der Waals surface area contributed by atoms with Crippen molar-refractivity contribution >= 4 is 17.8 Å². The number of carboxylic acid groups (broad SMARTS) is 1. The third kappa shape index (κ3) is 6.97. The van der Waals surface area contributed by atoms with Crippen LogP contribution in [0, 0.1) is 0 Å². The molecule has 146 valence electrons. The first-order valence-corrected chi connectivity index (χ1v) is 9.17. The number of carboxylic acids is 1. The van der Waals surface area contributed by atoms with Gasteiger partial charge in [0.1, 0.15) is 12.1 Å². The van der Waals surface area contributed by atoms with Crippen LogP contribution < -0.4 is 50.6 Å². The molecular weight excluding hydrogens is 381 g/mol. The van der Waals surface area contributed by atoms with Gasteiger partial charge in [-0.1, -0.05) is 60.7 Å². The summed E-state index contributed by atoms with van der Waals surface area (Å²) in [6.07, 6.45) is 0.988. The van der Waals surface area contributed by atoms with Crippen LogP contribution in [0.2, 0.25) is 0 Å². The first kappa shape index (κ1) is 23.1. The van der Waals surface area contributed by atoms with Crippen molar-refractivity contribution in [2.75, 3.05) is 6.54 Å². The van der Waals surface area contributed by atoms with Gasteiger partial charge in [-0.05, 0) is 17.5 Å². The van der Waals surface area contributed by atoms with Crippen LogP contribution in [-0.2, 0) is 27.2 Å². The van der Waals surface area contributed by atoms with Crippen LogP contribution in [0.15, 0.2) is 60.7 Å². The maximum atomic E-state index is 12.7. The molecule has 0 saturated carbocycles. The number of rotatable bonds is 9. The number of benzene rings is 2. The van der Waals surface area contributed by atoms with E-state index in [9.17, 15) is 19.5 Å². The summed E-state index contributed by atoms with van der Waals surface area (Å²) in [5, 5.41) is 18.9. The minimum Gasteiger partial charge on any atom is -0.548 e. The number of carbonyl (C=O) groups excluding carboxylic acids is 3. The van der Waals surface area contributed by atoms with Crippen LogP contribution in [0.5, 0.6) is 0 Å². The molecule has 3 N–H and O–H groups in total. The molecule has 2 aromatic carbocycles. The number of hydrogen-bond donors (Lipinski definition) is 3. The Morgan fingerprint density at radius 2 is 1.52 bits per heavy atom. The Kier molecular flexibility index (Phi) is 8.85. The van der Waals surface area contributed by atoms with Crippen molar-refractivity contribution < 1.29 is 49.0 Å². The van der Waals surface area contributed by atoms with Gasteiger partial charge in [-0.15, -0.1) is 0 Å². The van der Waals surface area contributed by atoms with Gasteiger partial charge in [-0.3, -0.25) is 14.9 Å². The van der Waals surface area contributed by atoms with Crippen LogP contribution in [0.1, 0.15) is 11.1 Å². The van der Waals surface area contributed by atoms with E-state index >= 15 is 0 Å². The summed E-state index contributed by atoms with van der Waals surface area (Å²) in [5.74, 6) is -2.15. The minimum absolute atomic E-state index is 0. The summed E-state index contributed by atoms with van der Waals surface area (Å²) in [7, 11) is 0. The Morgan fingerprint density at radius 3 is 2.07 bits per heavy atom. The van der Waals surface area contributed by atoms with E-state index in [4.69, 9.17) is 0 Å².